The highest BCUT2D eigenvalue weighted by atomic mass is 16.5. The fourth-order valence-corrected chi connectivity index (χ4v) is 0.867. The summed E-state index contributed by atoms with van der Waals surface area (Å²) in [6.45, 7) is 7.17. The molecule has 0 aliphatic heterocycles. The lowest BCUT2D eigenvalue weighted by atomic mass is 10.3. The summed E-state index contributed by atoms with van der Waals surface area (Å²) < 4.78 is 4.94. The molecule has 0 saturated heterocycles. The predicted molar refractivity (Wildman–Crippen MR) is 39.6 cm³/mol. The lowest BCUT2D eigenvalue weighted by molar-refractivity contribution is 0.168. The fourth-order valence-electron chi connectivity index (χ4n) is 0.867. The average molecular weight is 131 g/mol. The van der Waals surface area contributed by atoms with Gasteiger partial charge < -0.3 is 10.1 Å². The molecule has 0 amide bonds. The fraction of sp³-hybridized carbons (Fsp3) is 1.00. The monoisotopic (exact) mass is 131 g/mol. The molecule has 0 fully saturated rings. The Hall–Kier alpha value is -0.0800. The van der Waals surface area contributed by atoms with Crippen molar-refractivity contribution >= 4 is 0 Å². The molecule has 0 bridgehead atoms. The number of hydrogen-bond acceptors (Lipinski definition) is 2. The molecule has 9 heavy (non-hydrogen) atoms. The summed E-state index contributed by atoms with van der Waals surface area (Å²) in [5, 5.41) is 3.32. The maximum Gasteiger partial charge on any atom is 0.0613 e. The molecule has 1 atom stereocenters. The van der Waals surface area contributed by atoms with Crippen LogP contribution in [0.5, 0.6) is 0 Å². The van der Waals surface area contributed by atoms with Gasteiger partial charge in [0.1, 0.15) is 0 Å². The number of nitrogens with one attached hydrogen (secondary N) is 1. The molecule has 0 spiro atoms. The highest BCUT2D eigenvalue weighted by Crippen LogP contribution is 1.85. The molecule has 0 rings (SSSR count). The molecule has 2 nitrogen and oxygen atoms in total. The Labute approximate surface area is 57.6 Å². The maximum atomic E-state index is 4.94. The zero-order valence-corrected chi connectivity index (χ0v) is 6.77. The minimum atomic E-state index is 0.468. The van der Waals surface area contributed by atoms with Crippen LogP contribution in [0.2, 0.25) is 0 Å². The highest BCUT2D eigenvalue weighted by molar-refractivity contribution is 4.61. The van der Waals surface area contributed by atoms with Gasteiger partial charge in [0.05, 0.1) is 6.61 Å². The van der Waals surface area contributed by atoms with Crippen LogP contribution in [0.3, 0.4) is 0 Å². The molecular weight excluding hydrogens is 114 g/mol. The number of ether oxygens (including phenoxy) is 1. The minimum absolute atomic E-state index is 0.468. The quantitative estimate of drug-likeness (QED) is 0.615. The molecule has 0 aromatic rings. The third kappa shape index (κ3) is 5.80. The molecule has 0 aliphatic carbocycles. The van der Waals surface area contributed by atoms with Gasteiger partial charge in [-0.1, -0.05) is 13.8 Å². The van der Waals surface area contributed by atoms with Crippen LogP contribution in [0, 0.1) is 0 Å². The summed E-state index contributed by atoms with van der Waals surface area (Å²) in [6.07, 6.45) is 0. The van der Waals surface area contributed by atoms with Crippen LogP contribution in [-0.4, -0.2) is 25.8 Å². The second-order valence-electron chi connectivity index (χ2n) is 2.68. The first-order chi connectivity index (χ1) is 4.16. The van der Waals surface area contributed by atoms with Gasteiger partial charge in [-0.3, -0.25) is 0 Å². The van der Waals surface area contributed by atoms with E-state index >= 15 is 0 Å². The summed E-state index contributed by atoms with van der Waals surface area (Å²) in [6, 6.07) is 1.02. The van der Waals surface area contributed by atoms with Crippen molar-refractivity contribution < 1.29 is 4.74 Å². The van der Waals surface area contributed by atoms with Gasteiger partial charge in [-0.25, -0.2) is 0 Å². The van der Waals surface area contributed by atoms with Gasteiger partial charge >= 0.3 is 0 Å². The van der Waals surface area contributed by atoms with Gasteiger partial charge in [0.2, 0.25) is 0 Å². The van der Waals surface area contributed by atoms with E-state index in [0.717, 1.165) is 6.61 Å². The molecule has 0 radical (unpaired) electrons. The van der Waals surface area contributed by atoms with Crippen molar-refractivity contribution in [3.8, 4) is 0 Å². The van der Waals surface area contributed by atoms with Gasteiger partial charge in [0.15, 0.2) is 0 Å². The van der Waals surface area contributed by atoms with E-state index in [4.69, 9.17) is 4.74 Å². The van der Waals surface area contributed by atoms with Crippen molar-refractivity contribution in [3.63, 3.8) is 0 Å². The molecule has 0 unspecified atom stereocenters. The van der Waals surface area contributed by atoms with Crippen molar-refractivity contribution in [2.24, 2.45) is 0 Å². The average Bonchev–Trinajstić information content (AvgIpc) is 1.63. The first-order valence-electron chi connectivity index (χ1n) is 3.41. The van der Waals surface area contributed by atoms with Crippen LogP contribution >= 0.6 is 0 Å². The highest BCUT2D eigenvalue weighted by Gasteiger charge is 2.00. The van der Waals surface area contributed by atoms with Gasteiger partial charge in [-0.15, -0.1) is 0 Å². The van der Waals surface area contributed by atoms with Crippen LogP contribution in [0.4, 0.5) is 0 Å². The van der Waals surface area contributed by atoms with E-state index in [0.29, 0.717) is 12.1 Å². The van der Waals surface area contributed by atoms with E-state index in [1.807, 2.05) is 0 Å². The number of methoxy groups -OCH3 is 1. The molecule has 0 saturated carbocycles. The first kappa shape index (κ1) is 8.92. The number of hydrogen-bond donors (Lipinski definition) is 1. The summed E-state index contributed by atoms with van der Waals surface area (Å²) in [5.74, 6) is 0. The minimum Gasteiger partial charge on any atom is -0.383 e. The van der Waals surface area contributed by atoms with E-state index in [-0.39, 0.29) is 0 Å². The maximum absolute atomic E-state index is 4.94. The van der Waals surface area contributed by atoms with Gasteiger partial charge in [0.25, 0.3) is 0 Å². The van der Waals surface area contributed by atoms with Crippen molar-refractivity contribution in [3.05, 3.63) is 0 Å². The van der Waals surface area contributed by atoms with E-state index in [2.05, 4.69) is 26.1 Å². The van der Waals surface area contributed by atoms with Crippen LogP contribution in [0.1, 0.15) is 20.8 Å². The summed E-state index contributed by atoms with van der Waals surface area (Å²) >= 11 is 0. The molecule has 0 heterocycles. The Morgan fingerprint density at radius 2 is 1.89 bits per heavy atom. The van der Waals surface area contributed by atoms with Crippen molar-refractivity contribution in [2.45, 2.75) is 32.9 Å². The standard InChI is InChI=1S/C7H17NO/c1-6(2)8-7(3)5-9-4/h6-8H,5H2,1-4H3/t7-/m0/s1. The Balaban J connectivity index is 3.15. The lowest BCUT2D eigenvalue weighted by Gasteiger charge is -2.14. The largest absolute Gasteiger partial charge is 0.383 e. The van der Waals surface area contributed by atoms with Crippen molar-refractivity contribution in [1.82, 2.24) is 5.32 Å². The Kier molecular flexibility index (Phi) is 4.72. The lowest BCUT2D eigenvalue weighted by Crippen LogP contribution is -2.35. The smallest absolute Gasteiger partial charge is 0.0613 e. The number of rotatable bonds is 4. The van der Waals surface area contributed by atoms with Crippen molar-refractivity contribution in [1.29, 1.82) is 0 Å². The molecule has 0 aromatic carbocycles. The predicted octanol–water partition coefficient (Wildman–Crippen LogP) is 1.02. The van der Waals surface area contributed by atoms with Gasteiger partial charge in [0, 0.05) is 19.2 Å². The molecule has 1 N–H and O–H groups in total. The van der Waals surface area contributed by atoms with E-state index in [1.165, 1.54) is 0 Å². The Morgan fingerprint density at radius 3 is 2.22 bits per heavy atom. The van der Waals surface area contributed by atoms with Crippen LogP contribution in [-0.2, 0) is 4.74 Å². The Bertz CT molecular complexity index is 63.9. The second kappa shape index (κ2) is 4.77. The molecule has 2 heteroatoms. The summed E-state index contributed by atoms with van der Waals surface area (Å²) in [7, 11) is 1.72. The third-order valence-corrected chi connectivity index (χ3v) is 1.03. The third-order valence-electron chi connectivity index (χ3n) is 1.03. The second-order valence-corrected chi connectivity index (χ2v) is 2.68. The zero-order valence-electron chi connectivity index (χ0n) is 6.77. The van der Waals surface area contributed by atoms with Crippen molar-refractivity contribution in [2.75, 3.05) is 13.7 Å². The summed E-state index contributed by atoms with van der Waals surface area (Å²) in [4.78, 5) is 0. The van der Waals surface area contributed by atoms with E-state index < -0.39 is 0 Å². The molecule has 56 valence electrons. The zero-order chi connectivity index (χ0) is 7.28. The Morgan fingerprint density at radius 1 is 1.33 bits per heavy atom. The van der Waals surface area contributed by atoms with Gasteiger partial charge in [-0.2, -0.15) is 0 Å². The van der Waals surface area contributed by atoms with Crippen LogP contribution in [0.15, 0.2) is 0 Å². The van der Waals surface area contributed by atoms with E-state index in [1.54, 1.807) is 7.11 Å². The van der Waals surface area contributed by atoms with Crippen LogP contribution in [0.25, 0.3) is 0 Å². The topological polar surface area (TPSA) is 21.3 Å². The SMILES string of the molecule is COC[C@H](C)NC(C)C. The normalized spacial score (nSPS) is 14.3. The van der Waals surface area contributed by atoms with Crippen LogP contribution < -0.4 is 5.32 Å². The van der Waals surface area contributed by atoms with Gasteiger partial charge in [-0.05, 0) is 6.92 Å². The molecule has 0 aliphatic rings. The molecular formula is C7H17NO. The van der Waals surface area contributed by atoms with E-state index in [9.17, 15) is 0 Å². The summed E-state index contributed by atoms with van der Waals surface area (Å²) in [5.41, 5.74) is 0. The molecule has 0 aromatic heterocycles. The first-order valence-corrected chi connectivity index (χ1v) is 3.41.